The average Bonchev–Trinajstić information content (AvgIpc) is 3.03. The molecule has 1 aromatic rings. The summed E-state index contributed by atoms with van der Waals surface area (Å²) in [5, 5.41) is 2.85. The average molecular weight is 236 g/mol. The van der Waals surface area contributed by atoms with Gasteiger partial charge in [0, 0.05) is 18.2 Å². The largest absolute Gasteiger partial charge is 0.497 e. The van der Waals surface area contributed by atoms with E-state index in [4.69, 9.17) is 15.2 Å². The van der Waals surface area contributed by atoms with E-state index in [0.717, 1.165) is 6.42 Å². The fraction of sp³-hybridized carbons (Fsp3) is 0.417. The van der Waals surface area contributed by atoms with Gasteiger partial charge in [0.1, 0.15) is 11.5 Å². The number of methoxy groups -OCH3 is 2. The number of hydrogen-bond acceptors (Lipinski definition) is 4. The number of carbonyl (C=O) groups excluding carboxylic acids is 1. The van der Waals surface area contributed by atoms with Crippen molar-refractivity contribution in [2.24, 2.45) is 5.73 Å². The Balaban J connectivity index is 2.15. The highest BCUT2D eigenvalue weighted by molar-refractivity contribution is 5.97. The van der Waals surface area contributed by atoms with Crippen molar-refractivity contribution >= 4 is 5.91 Å². The van der Waals surface area contributed by atoms with Crippen LogP contribution < -0.4 is 20.5 Å². The number of hydrogen-bond donors (Lipinski definition) is 2. The third kappa shape index (κ3) is 2.50. The number of amides is 1. The normalized spacial score (nSPS) is 21.8. The highest BCUT2D eigenvalue weighted by Gasteiger charge is 2.35. The number of carbonyl (C=O) groups is 1. The summed E-state index contributed by atoms with van der Waals surface area (Å²) in [6.07, 6.45) is 0.838. The molecule has 3 N–H and O–H groups in total. The Labute approximate surface area is 99.9 Å². The van der Waals surface area contributed by atoms with Crippen LogP contribution in [0.3, 0.4) is 0 Å². The third-order valence-corrected chi connectivity index (χ3v) is 2.81. The van der Waals surface area contributed by atoms with Crippen LogP contribution in [0.5, 0.6) is 11.5 Å². The molecule has 2 unspecified atom stereocenters. The van der Waals surface area contributed by atoms with E-state index in [2.05, 4.69) is 5.32 Å². The lowest BCUT2D eigenvalue weighted by molar-refractivity contribution is 0.0947. The SMILES string of the molecule is COc1ccc(C(=O)NC2CC2N)c(OC)c1. The van der Waals surface area contributed by atoms with Crippen LogP contribution in [0.4, 0.5) is 0 Å². The highest BCUT2D eigenvalue weighted by atomic mass is 16.5. The maximum Gasteiger partial charge on any atom is 0.255 e. The van der Waals surface area contributed by atoms with Gasteiger partial charge in [-0.2, -0.15) is 0 Å². The minimum Gasteiger partial charge on any atom is -0.497 e. The van der Waals surface area contributed by atoms with E-state index in [9.17, 15) is 4.79 Å². The molecule has 5 nitrogen and oxygen atoms in total. The van der Waals surface area contributed by atoms with Crippen LogP contribution >= 0.6 is 0 Å². The molecular weight excluding hydrogens is 220 g/mol. The molecule has 0 spiro atoms. The summed E-state index contributed by atoms with van der Waals surface area (Å²) in [6, 6.07) is 5.27. The van der Waals surface area contributed by atoms with Gasteiger partial charge in [0.25, 0.3) is 5.91 Å². The van der Waals surface area contributed by atoms with E-state index in [0.29, 0.717) is 17.1 Å². The minimum atomic E-state index is -0.164. The first kappa shape index (κ1) is 11.7. The molecular formula is C12H16N2O3. The van der Waals surface area contributed by atoms with Crippen LogP contribution in [0.15, 0.2) is 18.2 Å². The van der Waals surface area contributed by atoms with Gasteiger partial charge < -0.3 is 20.5 Å². The lowest BCUT2D eigenvalue weighted by Crippen LogP contribution is -2.29. The molecule has 0 radical (unpaired) electrons. The second-order valence-electron chi connectivity index (χ2n) is 4.05. The molecule has 0 saturated heterocycles. The lowest BCUT2D eigenvalue weighted by atomic mass is 10.1. The summed E-state index contributed by atoms with van der Waals surface area (Å²) < 4.78 is 10.2. The number of rotatable bonds is 4. The smallest absolute Gasteiger partial charge is 0.255 e. The van der Waals surface area contributed by atoms with Crippen LogP contribution in [0.1, 0.15) is 16.8 Å². The number of nitrogens with one attached hydrogen (secondary N) is 1. The Bertz CT molecular complexity index is 434. The van der Waals surface area contributed by atoms with E-state index >= 15 is 0 Å². The lowest BCUT2D eigenvalue weighted by Gasteiger charge is -2.10. The fourth-order valence-corrected chi connectivity index (χ4v) is 1.61. The van der Waals surface area contributed by atoms with Crippen molar-refractivity contribution in [1.82, 2.24) is 5.32 Å². The quantitative estimate of drug-likeness (QED) is 0.800. The fourth-order valence-electron chi connectivity index (χ4n) is 1.61. The second-order valence-corrected chi connectivity index (χ2v) is 4.05. The third-order valence-electron chi connectivity index (χ3n) is 2.81. The number of nitrogens with two attached hydrogens (primary N) is 1. The predicted molar refractivity (Wildman–Crippen MR) is 63.4 cm³/mol. The summed E-state index contributed by atoms with van der Waals surface area (Å²) in [7, 11) is 3.09. The van der Waals surface area contributed by atoms with Gasteiger partial charge >= 0.3 is 0 Å². The maximum absolute atomic E-state index is 11.9. The van der Waals surface area contributed by atoms with Gasteiger partial charge in [0.2, 0.25) is 0 Å². The molecule has 2 rings (SSSR count). The molecule has 1 aromatic carbocycles. The molecule has 17 heavy (non-hydrogen) atoms. The molecule has 2 atom stereocenters. The van der Waals surface area contributed by atoms with Gasteiger partial charge in [-0.25, -0.2) is 0 Å². The molecule has 0 heterocycles. The van der Waals surface area contributed by atoms with Crippen LogP contribution in [-0.2, 0) is 0 Å². The predicted octanol–water partition coefficient (Wildman–Crippen LogP) is 0.533. The molecule has 1 aliphatic rings. The molecule has 5 heteroatoms. The monoisotopic (exact) mass is 236 g/mol. The molecule has 1 saturated carbocycles. The zero-order valence-corrected chi connectivity index (χ0v) is 9.90. The first-order valence-electron chi connectivity index (χ1n) is 5.44. The summed E-state index contributed by atoms with van der Waals surface area (Å²) >= 11 is 0. The van der Waals surface area contributed by atoms with Crippen LogP contribution in [-0.4, -0.2) is 32.2 Å². The molecule has 1 aliphatic carbocycles. The van der Waals surface area contributed by atoms with E-state index in [1.807, 2.05) is 0 Å². The topological polar surface area (TPSA) is 73.6 Å². The van der Waals surface area contributed by atoms with Crippen molar-refractivity contribution < 1.29 is 14.3 Å². The van der Waals surface area contributed by atoms with Crippen molar-refractivity contribution in [2.75, 3.05) is 14.2 Å². The number of ether oxygens (including phenoxy) is 2. The molecule has 0 aliphatic heterocycles. The molecule has 0 bridgehead atoms. The summed E-state index contributed by atoms with van der Waals surface area (Å²) in [5.74, 6) is 0.986. The Morgan fingerprint density at radius 3 is 2.65 bits per heavy atom. The summed E-state index contributed by atoms with van der Waals surface area (Å²) in [5.41, 5.74) is 6.14. The Kier molecular flexibility index (Phi) is 3.19. The van der Waals surface area contributed by atoms with Crippen molar-refractivity contribution in [3.63, 3.8) is 0 Å². The standard InChI is InChI=1S/C12H16N2O3/c1-16-7-3-4-8(11(5-7)17-2)12(15)14-10-6-9(10)13/h3-5,9-10H,6,13H2,1-2H3,(H,14,15). The van der Waals surface area contributed by atoms with E-state index in [1.165, 1.54) is 7.11 Å². The van der Waals surface area contributed by atoms with Crippen molar-refractivity contribution in [1.29, 1.82) is 0 Å². The van der Waals surface area contributed by atoms with Gasteiger partial charge in [-0.3, -0.25) is 4.79 Å². The molecule has 1 fully saturated rings. The second kappa shape index (κ2) is 4.63. The van der Waals surface area contributed by atoms with E-state index in [-0.39, 0.29) is 18.0 Å². The number of benzene rings is 1. The summed E-state index contributed by atoms with van der Waals surface area (Å²) in [4.78, 5) is 11.9. The zero-order chi connectivity index (χ0) is 12.4. The van der Waals surface area contributed by atoms with E-state index < -0.39 is 0 Å². The first-order valence-corrected chi connectivity index (χ1v) is 5.44. The summed E-state index contributed by atoms with van der Waals surface area (Å²) in [6.45, 7) is 0. The Morgan fingerprint density at radius 2 is 2.12 bits per heavy atom. The zero-order valence-electron chi connectivity index (χ0n) is 9.90. The molecule has 92 valence electrons. The van der Waals surface area contributed by atoms with Crippen molar-refractivity contribution in [3.8, 4) is 11.5 Å². The van der Waals surface area contributed by atoms with Crippen LogP contribution in [0, 0.1) is 0 Å². The van der Waals surface area contributed by atoms with Gasteiger partial charge in [0.05, 0.1) is 19.8 Å². The van der Waals surface area contributed by atoms with Gasteiger partial charge in [-0.05, 0) is 18.6 Å². The van der Waals surface area contributed by atoms with Gasteiger partial charge in [0.15, 0.2) is 0 Å². The first-order chi connectivity index (χ1) is 8.15. The Hall–Kier alpha value is -1.75. The van der Waals surface area contributed by atoms with E-state index in [1.54, 1.807) is 25.3 Å². The Morgan fingerprint density at radius 1 is 1.41 bits per heavy atom. The minimum absolute atomic E-state index is 0.0863. The van der Waals surface area contributed by atoms with Gasteiger partial charge in [-0.1, -0.05) is 0 Å². The molecule has 0 aromatic heterocycles. The van der Waals surface area contributed by atoms with Crippen LogP contribution in [0.25, 0.3) is 0 Å². The van der Waals surface area contributed by atoms with Crippen LogP contribution in [0.2, 0.25) is 0 Å². The maximum atomic E-state index is 11.9. The molecule has 1 amide bonds. The van der Waals surface area contributed by atoms with Gasteiger partial charge in [-0.15, -0.1) is 0 Å². The highest BCUT2D eigenvalue weighted by Crippen LogP contribution is 2.26. The van der Waals surface area contributed by atoms with Crippen molar-refractivity contribution in [3.05, 3.63) is 23.8 Å². The van der Waals surface area contributed by atoms with Crippen molar-refractivity contribution in [2.45, 2.75) is 18.5 Å².